The lowest BCUT2D eigenvalue weighted by atomic mass is 9.95. The molecule has 0 saturated heterocycles. The molecule has 0 aliphatic carbocycles. The molecule has 0 amide bonds. The monoisotopic (exact) mass is 418 g/mol. The molecule has 0 spiro atoms. The first-order valence-electron chi connectivity index (χ1n) is 10.00. The van der Waals surface area contributed by atoms with Gasteiger partial charge in [0.25, 0.3) is 0 Å². The average molecular weight is 418 g/mol. The molecule has 3 heterocycles. The SMILES string of the molecule is CCc1nn(-c2ncc(CNCC(O)c3ccc4c(c3C)COC4=O)cn2)cc1C#N. The molecule has 3 aromatic rings. The summed E-state index contributed by atoms with van der Waals surface area (Å²) < 4.78 is 6.57. The fourth-order valence-electron chi connectivity index (χ4n) is 3.62. The normalized spacial score (nSPS) is 13.5. The number of ether oxygens (including phenoxy) is 1. The third-order valence-electron chi connectivity index (χ3n) is 5.38. The summed E-state index contributed by atoms with van der Waals surface area (Å²) in [5.41, 5.74) is 5.15. The zero-order valence-electron chi connectivity index (χ0n) is 17.3. The number of nitrogens with zero attached hydrogens (tertiary/aromatic N) is 5. The number of hydrogen-bond donors (Lipinski definition) is 2. The number of rotatable bonds is 7. The van der Waals surface area contributed by atoms with Crippen molar-refractivity contribution in [3.8, 4) is 12.0 Å². The Bertz CT molecular complexity index is 1160. The summed E-state index contributed by atoms with van der Waals surface area (Å²) in [6.07, 6.45) is 4.94. The molecule has 158 valence electrons. The summed E-state index contributed by atoms with van der Waals surface area (Å²) in [7, 11) is 0. The van der Waals surface area contributed by atoms with Crippen LogP contribution in [0.1, 0.15) is 56.9 Å². The molecule has 1 unspecified atom stereocenters. The molecule has 31 heavy (non-hydrogen) atoms. The van der Waals surface area contributed by atoms with Crippen LogP contribution >= 0.6 is 0 Å². The Labute approximate surface area is 179 Å². The number of aromatic nitrogens is 4. The van der Waals surface area contributed by atoms with Crippen LogP contribution in [0.15, 0.2) is 30.7 Å². The van der Waals surface area contributed by atoms with Gasteiger partial charge in [0.1, 0.15) is 12.7 Å². The standard InChI is InChI=1S/C22H22N6O3/c1-3-19-15(6-23)11-28(27-19)22-25-8-14(9-26-22)7-24-10-20(29)16-4-5-17-18(13(16)2)12-31-21(17)30/h4-5,8-9,11,20,24,29H,3,7,10,12H2,1-2H3. The minimum absolute atomic E-state index is 0.254. The predicted molar refractivity (Wildman–Crippen MR) is 110 cm³/mol. The number of fused-ring (bicyclic) bond motifs is 1. The fraction of sp³-hybridized carbons (Fsp3) is 0.318. The third-order valence-corrected chi connectivity index (χ3v) is 5.38. The molecule has 0 saturated carbocycles. The molecule has 0 radical (unpaired) electrons. The fourth-order valence-corrected chi connectivity index (χ4v) is 3.62. The number of carbonyl (C=O) groups excluding carboxylic acids is 1. The maximum atomic E-state index is 11.7. The van der Waals surface area contributed by atoms with Crippen molar-refractivity contribution in [1.82, 2.24) is 25.1 Å². The van der Waals surface area contributed by atoms with Crippen molar-refractivity contribution < 1.29 is 14.6 Å². The lowest BCUT2D eigenvalue weighted by Gasteiger charge is -2.16. The van der Waals surface area contributed by atoms with Gasteiger partial charge in [0.2, 0.25) is 5.95 Å². The maximum Gasteiger partial charge on any atom is 0.338 e. The zero-order valence-corrected chi connectivity index (χ0v) is 17.3. The summed E-state index contributed by atoms with van der Waals surface area (Å²) in [4.78, 5) is 20.3. The molecule has 0 bridgehead atoms. The van der Waals surface area contributed by atoms with Crippen molar-refractivity contribution in [3.05, 3.63) is 69.8 Å². The Balaban J connectivity index is 1.37. The van der Waals surface area contributed by atoms with Crippen LogP contribution in [-0.4, -0.2) is 37.4 Å². The third kappa shape index (κ3) is 4.03. The number of nitrogens with one attached hydrogen (secondary N) is 1. The predicted octanol–water partition coefficient (Wildman–Crippen LogP) is 1.90. The smallest absolute Gasteiger partial charge is 0.338 e. The summed E-state index contributed by atoms with van der Waals surface area (Å²) in [6.45, 7) is 4.90. The maximum absolute atomic E-state index is 11.7. The number of carbonyl (C=O) groups is 1. The van der Waals surface area contributed by atoms with E-state index in [1.54, 1.807) is 30.7 Å². The number of cyclic esters (lactones) is 1. The van der Waals surface area contributed by atoms with Gasteiger partial charge in [0, 0.05) is 36.6 Å². The van der Waals surface area contributed by atoms with Crippen LogP contribution in [0, 0.1) is 18.3 Å². The Morgan fingerprint density at radius 1 is 1.35 bits per heavy atom. The van der Waals surface area contributed by atoms with E-state index >= 15 is 0 Å². The van der Waals surface area contributed by atoms with Crippen molar-refractivity contribution in [2.45, 2.75) is 39.5 Å². The first kappa shape index (κ1) is 20.7. The number of esters is 1. The summed E-state index contributed by atoms with van der Waals surface area (Å²) in [6, 6.07) is 5.60. The molecule has 0 fully saturated rings. The van der Waals surface area contributed by atoms with Gasteiger partial charge in [0.15, 0.2) is 0 Å². The number of hydrogen-bond acceptors (Lipinski definition) is 8. The van der Waals surface area contributed by atoms with Crippen LogP contribution in [0.3, 0.4) is 0 Å². The lowest BCUT2D eigenvalue weighted by Crippen LogP contribution is -2.22. The van der Waals surface area contributed by atoms with Crippen molar-refractivity contribution in [3.63, 3.8) is 0 Å². The summed E-state index contributed by atoms with van der Waals surface area (Å²) in [5, 5.41) is 27.3. The Kier molecular flexibility index (Phi) is 5.75. The zero-order chi connectivity index (χ0) is 22.0. The van der Waals surface area contributed by atoms with E-state index in [0.29, 0.717) is 42.3 Å². The second kappa shape index (κ2) is 8.63. The first-order chi connectivity index (χ1) is 15.0. The van der Waals surface area contributed by atoms with Gasteiger partial charge < -0.3 is 15.2 Å². The first-order valence-corrected chi connectivity index (χ1v) is 10.00. The van der Waals surface area contributed by atoms with Gasteiger partial charge >= 0.3 is 5.97 Å². The largest absolute Gasteiger partial charge is 0.457 e. The Hall–Kier alpha value is -3.61. The highest BCUT2D eigenvalue weighted by molar-refractivity contribution is 5.93. The van der Waals surface area contributed by atoms with Gasteiger partial charge in [-0.3, -0.25) is 0 Å². The van der Waals surface area contributed by atoms with Crippen molar-refractivity contribution >= 4 is 5.97 Å². The van der Waals surface area contributed by atoms with E-state index in [1.165, 1.54) is 4.68 Å². The van der Waals surface area contributed by atoms with E-state index in [4.69, 9.17) is 10.00 Å². The number of benzene rings is 1. The molecule has 1 atom stereocenters. The van der Waals surface area contributed by atoms with E-state index in [1.807, 2.05) is 13.8 Å². The second-order valence-electron chi connectivity index (χ2n) is 7.32. The number of aliphatic hydroxyl groups excluding tert-OH is 1. The van der Waals surface area contributed by atoms with Gasteiger partial charge in [0.05, 0.1) is 29.1 Å². The van der Waals surface area contributed by atoms with Crippen LogP contribution in [-0.2, 0) is 24.3 Å². The Morgan fingerprint density at radius 3 is 2.81 bits per heavy atom. The quantitative estimate of drug-likeness (QED) is 0.557. The molecular weight excluding hydrogens is 396 g/mol. The highest BCUT2D eigenvalue weighted by Gasteiger charge is 2.25. The average Bonchev–Trinajstić information content (AvgIpc) is 3.38. The Morgan fingerprint density at radius 2 is 2.13 bits per heavy atom. The van der Waals surface area contributed by atoms with Crippen LogP contribution in [0.4, 0.5) is 0 Å². The molecule has 2 N–H and O–H groups in total. The molecule has 1 aliphatic rings. The van der Waals surface area contributed by atoms with Gasteiger partial charge in [-0.2, -0.15) is 10.4 Å². The van der Waals surface area contributed by atoms with Crippen LogP contribution in [0.2, 0.25) is 0 Å². The van der Waals surface area contributed by atoms with Crippen LogP contribution < -0.4 is 5.32 Å². The van der Waals surface area contributed by atoms with Gasteiger partial charge in [-0.25, -0.2) is 19.4 Å². The second-order valence-corrected chi connectivity index (χ2v) is 7.32. The van der Waals surface area contributed by atoms with E-state index in [9.17, 15) is 9.90 Å². The van der Waals surface area contributed by atoms with E-state index in [0.717, 1.165) is 22.3 Å². The number of nitriles is 1. The summed E-state index contributed by atoms with van der Waals surface area (Å²) >= 11 is 0. The highest BCUT2D eigenvalue weighted by atomic mass is 16.5. The molecular formula is C22H22N6O3. The molecule has 4 rings (SSSR count). The number of aryl methyl sites for hydroxylation is 1. The van der Waals surface area contributed by atoms with Gasteiger partial charge in [-0.05, 0) is 30.5 Å². The van der Waals surface area contributed by atoms with E-state index < -0.39 is 6.10 Å². The minimum atomic E-state index is -0.720. The van der Waals surface area contributed by atoms with Crippen molar-refractivity contribution in [2.75, 3.05) is 6.54 Å². The molecule has 9 nitrogen and oxygen atoms in total. The van der Waals surface area contributed by atoms with Crippen molar-refractivity contribution in [1.29, 1.82) is 5.26 Å². The van der Waals surface area contributed by atoms with Crippen LogP contribution in [0.5, 0.6) is 0 Å². The lowest BCUT2D eigenvalue weighted by molar-refractivity contribution is 0.0535. The number of aliphatic hydroxyl groups is 1. The molecule has 2 aromatic heterocycles. The van der Waals surface area contributed by atoms with E-state index in [-0.39, 0.29) is 12.6 Å². The molecule has 9 heteroatoms. The van der Waals surface area contributed by atoms with Gasteiger partial charge in [-0.1, -0.05) is 13.0 Å². The van der Waals surface area contributed by atoms with Gasteiger partial charge in [-0.15, -0.1) is 0 Å². The summed E-state index contributed by atoms with van der Waals surface area (Å²) in [5.74, 6) is 0.0797. The highest BCUT2D eigenvalue weighted by Crippen LogP contribution is 2.28. The molecule has 1 aromatic carbocycles. The minimum Gasteiger partial charge on any atom is -0.457 e. The van der Waals surface area contributed by atoms with Crippen molar-refractivity contribution in [2.24, 2.45) is 0 Å². The topological polar surface area (TPSA) is 126 Å². The molecule has 1 aliphatic heterocycles. The van der Waals surface area contributed by atoms with E-state index in [2.05, 4.69) is 26.5 Å². The van der Waals surface area contributed by atoms with Crippen LogP contribution in [0.25, 0.3) is 5.95 Å².